The molecule has 10 heterocycles. The van der Waals surface area contributed by atoms with Gasteiger partial charge in [0.15, 0.2) is 5.82 Å². The predicted octanol–water partition coefficient (Wildman–Crippen LogP) is 7.90. The third kappa shape index (κ3) is 11.6. The molecule has 0 saturated carbocycles. The summed E-state index contributed by atoms with van der Waals surface area (Å²) in [6, 6.07) is 28.1. The lowest BCUT2D eigenvalue weighted by molar-refractivity contribution is 0.122. The highest BCUT2D eigenvalue weighted by Gasteiger charge is 2.19. The van der Waals surface area contributed by atoms with Crippen molar-refractivity contribution in [2.75, 3.05) is 84.5 Å². The number of aromatic nitrogens is 12. The van der Waals surface area contributed by atoms with Gasteiger partial charge in [-0.05, 0) is 59.7 Å². The van der Waals surface area contributed by atoms with Crippen molar-refractivity contribution < 1.29 is 23.0 Å². The third-order valence-corrected chi connectivity index (χ3v) is 11.6. The van der Waals surface area contributed by atoms with Crippen molar-refractivity contribution in [1.82, 2.24) is 60.3 Å². The SMILES string of the molecule is C.Nc1cc(-c2ccnc(F)c2)[nH]n1.Nc1ccc(-c2cc3c(N4CCOCC4)ncnc3[nH]2)cc1.O=C(Nc1ccc(-c2cc3c(N4CCOCC4)ncnc3[nH]2)cc1)Nc1cc(-c2ccnc(F)c2)[nH]n1. The Labute approximate surface area is 415 Å². The standard InChI is InChI=1S/C25H22FN9O2.C16H17N5O.C8H7FN4.CH4/c26-21-11-16(5-6-27-21)20-13-22(34-33-20)32-25(36)30-17-3-1-15(2-4-17)19-12-18-23(31-19)28-14-29-24(18)35-7-9-37-10-8-35;17-12-3-1-11(2-4-12)14-9-13-15(20-14)18-10-19-16(13)21-5-7-22-8-6-21;9-7-3-5(1-2-11-7)6-4-8(10)13-12-6;/h1-6,11-14H,7-10H2,(H,28,29,31)(H3,30,32,33,34,36);1-4,9-10H,5-8,17H2,(H,18,19,20);1-4H,(H3,10,12,13);1H4. The zero-order valence-electron chi connectivity index (χ0n) is 38.3. The molecule has 0 radical (unpaired) electrons. The molecule has 2 saturated heterocycles. The highest BCUT2D eigenvalue weighted by atomic mass is 19.1. The van der Waals surface area contributed by atoms with Crippen molar-refractivity contribution in [1.29, 1.82) is 0 Å². The number of nitrogens with zero attached hydrogens (tertiary/aromatic N) is 10. The second-order valence-corrected chi connectivity index (χ2v) is 16.4. The molecule has 2 aliphatic rings. The molecule has 10 aromatic rings. The summed E-state index contributed by atoms with van der Waals surface area (Å²) in [7, 11) is 0. The molecular formula is C50H50F2N18O3. The number of amides is 2. The summed E-state index contributed by atoms with van der Waals surface area (Å²) in [6.07, 6.45) is 5.93. The summed E-state index contributed by atoms with van der Waals surface area (Å²) >= 11 is 0. The molecule has 73 heavy (non-hydrogen) atoms. The smallest absolute Gasteiger partial charge is 0.324 e. The molecule has 0 bridgehead atoms. The van der Waals surface area contributed by atoms with Gasteiger partial charge in [0, 0.05) is 96.7 Å². The predicted molar refractivity (Wildman–Crippen MR) is 276 cm³/mol. The van der Waals surface area contributed by atoms with E-state index in [9.17, 15) is 13.6 Å². The largest absolute Gasteiger partial charge is 0.399 e. The molecule has 0 atom stereocenters. The molecule has 10 N–H and O–H groups in total. The van der Waals surface area contributed by atoms with Crippen LogP contribution in [0.1, 0.15) is 7.43 Å². The highest BCUT2D eigenvalue weighted by molar-refractivity contribution is 6.00. The minimum atomic E-state index is -0.597. The van der Waals surface area contributed by atoms with Crippen molar-refractivity contribution in [3.63, 3.8) is 0 Å². The van der Waals surface area contributed by atoms with E-state index in [-0.39, 0.29) is 7.43 Å². The van der Waals surface area contributed by atoms with Gasteiger partial charge in [0.25, 0.3) is 0 Å². The van der Waals surface area contributed by atoms with Crippen LogP contribution in [0, 0.1) is 11.9 Å². The van der Waals surface area contributed by atoms with Gasteiger partial charge in [0.05, 0.1) is 48.6 Å². The number of fused-ring (bicyclic) bond motifs is 2. The molecule has 21 nitrogen and oxygen atoms in total. The number of carbonyl (C=O) groups excluding carboxylic acids is 1. The Morgan fingerprint density at radius 3 is 1.53 bits per heavy atom. The number of hydrogen-bond donors (Lipinski definition) is 8. The Hall–Kier alpha value is -9.35. The van der Waals surface area contributed by atoms with E-state index < -0.39 is 17.9 Å². The Kier molecular flexibility index (Phi) is 14.8. The van der Waals surface area contributed by atoms with Gasteiger partial charge >= 0.3 is 6.03 Å². The van der Waals surface area contributed by atoms with Crippen molar-refractivity contribution in [3.05, 3.63) is 134 Å². The fourth-order valence-corrected chi connectivity index (χ4v) is 8.05. The number of pyridine rings is 2. The number of carbonyl (C=O) groups is 1. The number of urea groups is 1. The van der Waals surface area contributed by atoms with E-state index in [0.717, 1.165) is 101 Å². The Bertz CT molecular complexity index is 3440. The number of anilines is 6. The molecule has 0 unspecified atom stereocenters. The topological polar surface area (TPSA) is 284 Å². The minimum Gasteiger partial charge on any atom is -0.399 e. The molecule has 0 spiro atoms. The van der Waals surface area contributed by atoms with Crippen LogP contribution in [0.2, 0.25) is 0 Å². The molecule has 8 aromatic heterocycles. The summed E-state index contributed by atoms with van der Waals surface area (Å²) < 4.78 is 36.9. The van der Waals surface area contributed by atoms with Gasteiger partial charge in [-0.15, -0.1) is 0 Å². The van der Waals surface area contributed by atoms with Crippen LogP contribution in [-0.2, 0) is 9.47 Å². The minimum absolute atomic E-state index is 0. The van der Waals surface area contributed by atoms with Crippen LogP contribution in [0.3, 0.4) is 0 Å². The lowest BCUT2D eigenvalue weighted by Crippen LogP contribution is -2.36. The molecular weight excluding hydrogens is 939 g/mol. The van der Waals surface area contributed by atoms with E-state index in [4.69, 9.17) is 20.9 Å². The number of halogens is 2. The zero-order valence-corrected chi connectivity index (χ0v) is 38.3. The quantitative estimate of drug-likeness (QED) is 0.0530. The average Bonchev–Trinajstić information content (AvgIpc) is 4.25. The molecule has 23 heteroatoms. The van der Waals surface area contributed by atoms with Crippen LogP contribution >= 0.6 is 0 Å². The number of hydrogen-bond acceptors (Lipinski definition) is 15. The van der Waals surface area contributed by atoms with Crippen LogP contribution in [0.15, 0.2) is 122 Å². The first-order valence-corrected chi connectivity index (χ1v) is 22.7. The highest BCUT2D eigenvalue weighted by Crippen LogP contribution is 2.31. The number of nitrogen functional groups attached to an aromatic ring is 2. The number of nitrogens with two attached hydrogens (primary N) is 2. The van der Waals surface area contributed by atoms with E-state index in [1.807, 2.05) is 54.6 Å². The maximum absolute atomic E-state index is 13.4. The average molecular weight is 989 g/mol. The maximum atomic E-state index is 13.4. The Morgan fingerprint density at radius 1 is 0.548 bits per heavy atom. The number of H-pyrrole nitrogens is 4. The zero-order chi connectivity index (χ0) is 49.4. The summed E-state index contributed by atoms with van der Waals surface area (Å²) in [6.45, 7) is 6.12. The first-order valence-electron chi connectivity index (χ1n) is 22.7. The van der Waals surface area contributed by atoms with E-state index >= 15 is 0 Å². The van der Waals surface area contributed by atoms with E-state index in [1.54, 1.807) is 36.9 Å². The number of aromatic amines is 4. The van der Waals surface area contributed by atoms with Gasteiger partial charge in [-0.25, -0.2) is 34.7 Å². The van der Waals surface area contributed by atoms with Crippen LogP contribution < -0.4 is 31.9 Å². The van der Waals surface area contributed by atoms with Crippen molar-refractivity contribution in [2.45, 2.75) is 7.43 Å². The molecule has 2 aromatic carbocycles. The van der Waals surface area contributed by atoms with Gasteiger partial charge in [0.1, 0.15) is 41.4 Å². The Morgan fingerprint density at radius 2 is 1.04 bits per heavy atom. The van der Waals surface area contributed by atoms with Crippen molar-refractivity contribution >= 4 is 62.7 Å². The van der Waals surface area contributed by atoms with Gasteiger partial charge in [-0.1, -0.05) is 31.7 Å². The first kappa shape index (κ1) is 48.7. The lowest BCUT2D eigenvalue weighted by Gasteiger charge is -2.27. The Balaban J connectivity index is 0.000000153. The number of morpholine rings is 2. The normalized spacial score (nSPS) is 13.3. The molecule has 2 aliphatic heterocycles. The van der Waals surface area contributed by atoms with E-state index in [2.05, 4.69) is 86.8 Å². The van der Waals surface area contributed by atoms with Gasteiger partial charge in [0.2, 0.25) is 11.9 Å². The van der Waals surface area contributed by atoms with Crippen LogP contribution in [-0.4, -0.2) is 119 Å². The summed E-state index contributed by atoms with van der Waals surface area (Å²) in [4.78, 5) is 48.3. The molecule has 2 fully saturated rings. The van der Waals surface area contributed by atoms with Crippen LogP contribution in [0.5, 0.6) is 0 Å². The maximum Gasteiger partial charge on any atom is 0.324 e. The first-order chi connectivity index (χ1) is 35.2. The van der Waals surface area contributed by atoms with Crippen LogP contribution in [0.25, 0.3) is 67.1 Å². The van der Waals surface area contributed by atoms with E-state index in [1.165, 1.54) is 24.5 Å². The molecule has 372 valence electrons. The number of rotatable bonds is 8. The summed E-state index contributed by atoms with van der Waals surface area (Å²) in [5.74, 6) is 1.42. The van der Waals surface area contributed by atoms with Crippen molar-refractivity contribution in [2.24, 2.45) is 0 Å². The fraction of sp³-hybridized carbons (Fsp3) is 0.180. The number of benzene rings is 2. The van der Waals surface area contributed by atoms with Crippen molar-refractivity contribution in [3.8, 4) is 45.0 Å². The summed E-state index contributed by atoms with van der Waals surface area (Å²) in [5.41, 5.74) is 20.6. The molecule has 2 amide bonds. The monoisotopic (exact) mass is 988 g/mol. The van der Waals surface area contributed by atoms with Crippen LogP contribution in [0.4, 0.5) is 48.2 Å². The second kappa shape index (κ2) is 22.2. The fourth-order valence-electron chi connectivity index (χ4n) is 8.05. The van der Waals surface area contributed by atoms with Gasteiger partial charge < -0.3 is 46.0 Å². The van der Waals surface area contributed by atoms with E-state index in [0.29, 0.717) is 53.1 Å². The second-order valence-electron chi connectivity index (χ2n) is 16.4. The lowest BCUT2D eigenvalue weighted by atomic mass is 10.1. The number of ether oxygens (including phenoxy) is 2. The van der Waals surface area contributed by atoms with Gasteiger partial charge in [-0.3, -0.25) is 15.5 Å². The summed E-state index contributed by atoms with van der Waals surface area (Å²) in [5, 5.41) is 20.7. The molecule has 12 rings (SSSR count). The van der Waals surface area contributed by atoms with Gasteiger partial charge in [-0.2, -0.15) is 19.0 Å². The molecule has 0 aliphatic carbocycles. The third-order valence-electron chi connectivity index (χ3n) is 11.6. The number of nitrogens with one attached hydrogen (secondary N) is 6.